The SMILES string of the molecule is Cc1ccc2c(n1)-c1cccc(c1)[C@@H](NC(=O)OC(C)(C)C)CC=C[C@@H](C)C(=O)N2. The lowest BCUT2D eigenvalue weighted by Crippen LogP contribution is -2.35. The highest BCUT2D eigenvalue weighted by Crippen LogP contribution is 2.30. The molecule has 1 aliphatic rings. The van der Waals surface area contributed by atoms with Gasteiger partial charge in [-0.15, -0.1) is 0 Å². The number of carbonyl (C=O) groups excluding carboxylic acids is 2. The summed E-state index contributed by atoms with van der Waals surface area (Å²) in [5.74, 6) is -0.425. The standard InChI is InChI=1S/C24H29N3O3/c1-15-8-6-11-19(27-23(29)30-24(3,4)5)17-9-7-10-18(14-17)21-20(26-22(15)28)13-12-16(2)25-21/h6-10,12-15,19H,11H2,1-5H3,(H,26,28)(H,27,29)/t15-,19+/m1/s1. The highest BCUT2D eigenvalue weighted by Gasteiger charge is 2.22. The second-order valence-corrected chi connectivity index (χ2v) is 8.61. The predicted molar refractivity (Wildman–Crippen MR) is 118 cm³/mol. The summed E-state index contributed by atoms with van der Waals surface area (Å²) in [6.07, 6.45) is 3.84. The number of rotatable bonds is 1. The van der Waals surface area contributed by atoms with Crippen LogP contribution in [0.2, 0.25) is 0 Å². The summed E-state index contributed by atoms with van der Waals surface area (Å²) in [4.78, 5) is 29.7. The Balaban J connectivity index is 2.04. The van der Waals surface area contributed by atoms with E-state index < -0.39 is 11.7 Å². The monoisotopic (exact) mass is 407 g/mol. The molecule has 0 unspecified atom stereocenters. The van der Waals surface area contributed by atoms with Gasteiger partial charge in [-0.25, -0.2) is 4.79 Å². The van der Waals surface area contributed by atoms with Crippen LogP contribution in [-0.2, 0) is 9.53 Å². The third kappa shape index (κ3) is 5.47. The maximum atomic E-state index is 12.6. The van der Waals surface area contributed by atoms with Crippen LogP contribution in [0.15, 0.2) is 48.6 Å². The third-order valence-electron chi connectivity index (χ3n) is 4.76. The zero-order valence-electron chi connectivity index (χ0n) is 18.2. The zero-order valence-corrected chi connectivity index (χ0v) is 18.2. The fourth-order valence-corrected chi connectivity index (χ4v) is 3.26. The topological polar surface area (TPSA) is 80.3 Å². The van der Waals surface area contributed by atoms with Gasteiger partial charge in [0, 0.05) is 11.3 Å². The predicted octanol–water partition coefficient (Wildman–Crippen LogP) is 5.16. The number of fused-ring (bicyclic) bond motifs is 4. The van der Waals surface area contributed by atoms with Gasteiger partial charge in [0.1, 0.15) is 5.60 Å². The first-order valence-corrected chi connectivity index (χ1v) is 10.2. The summed E-state index contributed by atoms with van der Waals surface area (Å²) < 4.78 is 5.44. The summed E-state index contributed by atoms with van der Waals surface area (Å²) in [6, 6.07) is 11.3. The van der Waals surface area contributed by atoms with Crippen molar-refractivity contribution in [3.8, 4) is 11.3 Å². The van der Waals surface area contributed by atoms with E-state index in [-0.39, 0.29) is 17.9 Å². The number of nitrogens with zero attached hydrogens (tertiary/aromatic N) is 1. The third-order valence-corrected chi connectivity index (χ3v) is 4.76. The molecule has 0 fully saturated rings. The lowest BCUT2D eigenvalue weighted by Gasteiger charge is -2.24. The molecule has 0 spiro atoms. The minimum atomic E-state index is -0.583. The normalized spacial score (nSPS) is 19.0. The first-order chi connectivity index (χ1) is 14.1. The molecule has 1 aromatic carbocycles. The van der Waals surface area contributed by atoms with E-state index in [9.17, 15) is 9.59 Å². The van der Waals surface area contributed by atoms with E-state index in [1.54, 1.807) is 0 Å². The van der Waals surface area contributed by atoms with Crippen LogP contribution in [0.3, 0.4) is 0 Å². The van der Waals surface area contributed by atoms with Gasteiger partial charge in [-0.2, -0.15) is 0 Å². The van der Waals surface area contributed by atoms with Gasteiger partial charge in [0.25, 0.3) is 0 Å². The number of nitrogens with one attached hydrogen (secondary N) is 2. The van der Waals surface area contributed by atoms with Crippen molar-refractivity contribution < 1.29 is 14.3 Å². The molecule has 30 heavy (non-hydrogen) atoms. The summed E-state index contributed by atoms with van der Waals surface area (Å²) in [5, 5.41) is 5.96. The summed E-state index contributed by atoms with van der Waals surface area (Å²) in [6.45, 7) is 9.26. The Morgan fingerprint density at radius 3 is 2.73 bits per heavy atom. The van der Waals surface area contributed by atoms with Gasteiger partial charge in [-0.1, -0.05) is 37.3 Å². The molecule has 1 aliphatic heterocycles. The van der Waals surface area contributed by atoms with Crippen LogP contribution in [-0.4, -0.2) is 22.6 Å². The number of anilines is 1. The molecular weight excluding hydrogens is 378 g/mol. The van der Waals surface area contributed by atoms with Crippen LogP contribution in [0.4, 0.5) is 10.5 Å². The van der Waals surface area contributed by atoms with Gasteiger partial charge < -0.3 is 15.4 Å². The Morgan fingerprint density at radius 2 is 2.00 bits per heavy atom. The number of ether oxygens (including phenoxy) is 1. The maximum Gasteiger partial charge on any atom is 0.408 e. The van der Waals surface area contributed by atoms with E-state index >= 15 is 0 Å². The quantitative estimate of drug-likeness (QED) is 0.640. The summed E-state index contributed by atoms with van der Waals surface area (Å²) in [7, 11) is 0. The van der Waals surface area contributed by atoms with Crippen molar-refractivity contribution in [2.75, 3.05) is 5.32 Å². The Kier molecular flexibility index (Phi) is 6.25. The van der Waals surface area contributed by atoms with Gasteiger partial charge >= 0.3 is 6.09 Å². The fraction of sp³-hybridized carbons (Fsp3) is 0.375. The van der Waals surface area contributed by atoms with E-state index in [1.165, 1.54) is 0 Å². The number of carbonyl (C=O) groups is 2. The van der Waals surface area contributed by atoms with Crippen LogP contribution in [0.25, 0.3) is 11.3 Å². The first-order valence-electron chi connectivity index (χ1n) is 10.2. The number of benzene rings is 1. The first kappa shape index (κ1) is 21.6. The Labute approximate surface area is 177 Å². The minimum absolute atomic E-state index is 0.105. The number of aromatic nitrogens is 1. The molecule has 0 saturated carbocycles. The average Bonchev–Trinajstić information content (AvgIpc) is 2.66. The largest absolute Gasteiger partial charge is 0.444 e. The van der Waals surface area contributed by atoms with Crippen LogP contribution >= 0.6 is 0 Å². The molecule has 3 rings (SSSR count). The lowest BCUT2D eigenvalue weighted by molar-refractivity contribution is -0.118. The molecule has 2 atom stereocenters. The Morgan fingerprint density at radius 1 is 1.23 bits per heavy atom. The van der Waals surface area contributed by atoms with Gasteiger partial charge in [-0.05, 0) is 57.9 Å². The highest BCUT2D eigenvalue weighted by atomic mass is 16.6. The van der Waals surface area contributed by atoms with Crippen molar-refractivity contribution in [1.29, 1.82) is 0 Å². The molecule has 2 bridgehead atoms. The van der Waals surface area contributed by atoms with E-state index in [0.29, 0.717) is 17.8 Å². The van der Waals surface area contributed by atoms with Crippen molar-refractivity contribution in [2.24, 2.45) is 5.92 Å². The number of hydrogen-bond acceptors (Lipinski definition) is 4. The molecule has 1 aromatic heterocycles. The second-order valence-electron chi connectivity index (χ2n) is 8.61. The van der Waals surface area contributed by atoms with E-state index in [0.717, 1.165) is 16.8 Å². The zero-order chi connectivity index (χ0) is 21.9. The van der Waals surface area contributed by atoms with E-state index in [2.05, 4.69) is 15.6 Å². The smallest absolute Gasteiger partial charge is 0.408 e. The molecular formula is C24H29N3O3. The van der Waals surface area contributed by atoms with E-state index in [4.69, 9.17) is 4.74 Å². The van der Waals surface area contributed by atoms with Crippen molar-refractivity contribution in [1.82, 2.24) is 10.3 Å². The number of hydrogen-bond donors (Lipinski definition) is 2. The molecule has 2 amide bonds. The van der Waals surface area contributed by atoms with Crippen LogP contribution in [0.1, 0.15) is 51.4 Å². The molecule has 0 radical (unpaired) electrons. The van der Waals surface area contributed by atoms with Crippen molar-refractivity contribution >= 4 is 17.7 Å². The molecule has 0 saturated heterocycles. The molecule has 0 aliphatic carbocycles. The Bertz CT molecular complexity index is 976. The molecule has 2 N–H and O–H groups in total. The average molecular weight is 408 g/mol. The van der Waals surface area contributed by atoms with Gasteiger partial charge in [0.15, 0.2) is 0 Å². The fourth-order valence-electron chi connectivity index (χ4n) is 3.26. The van der Waals surface area contributed by atoms with Gasteiger partial charge in [-0.3, -0.25) is 9.78 Å². The van der Waals surface area contributed by atoms with E-state index in [1.807, 2.05) is 83.2 Å². The van der Waals surface area contributed by atoms with Crippen molar-refractivity contribution in [3.63, 3.8) is 0 Å². The summed E-state index contributed by atoms with van der Waals surface area (Å²) in [5.41, 5.74) is 3.46. The molecule has 2 aromatic rings. The van der Waals surface area contributed by atoms with Crippen LogP contribution < -0.4 is 10.6 Å². The minimum Gasteiger partial charge on any atom is -0.444 e. The van der Waals surface area contributed by atoms with Gasteiger partial charge in [0.05, 0.1) is 23.3 Å². The van der Waals surface area contributed by atoms with Crippen molar-refractivity contribution in [2.45, 2.75) is 52.7 Å². The van der Waals surface area contributed by atoms with Crippen LogP contribution in [0.5, 0.6) is 0 Å². The number of aryl methyl sites for hydroxylation is 1. The molecule has 158 valence electrons. The number of alkyl carbamates (subject to hydrolysis) is 1. The highest BCUT2D eigenvalue weighted by molar-refractivity contribution is 5.96. The van der Waals surface area contributed by atoms with Crippen molar-refractivity contribution in [3.05, 3.63) is 59.8 Å². The Hall–Kier alpha value is -3.15. The molecule has 6 nitrogen and oxygen atoms in total. The molecule has 2 heterocycles. The lowest BCUT2D eigenvalue weighted by atomic mass is 9.97. The maximum absolute atomic E-state index is 12.6. The summed E-state index contributed by atoms with van der Waals surface area (Å²) >= 11 is 0. The number of amides is 2. The second kappa shape index (κ2) is 8.69. The van der Waals surface area contributed by atoms with Crippen LogP contribution in [0, 0.1) is 12.8 Å². The number of pyridine rings is 1. The van der Waals surface area contributed by atoms with Gasteiger partial charge in [0.2, 0.25) is 5.91 Å². The molecule has 6 heteroatoms.